The fourth-order valence-electron chi connectivity index (χ4n) is 4.14. The van der Waals surface area contributed by atoms with Crippen LogP contribution in [0.1, 0.15) is 32.1 Å². The topological polar surface area (TPSA) is 124 Å². The molecule has 1 aliphatic carbocycles. The summed E-state index contributed by atoms with van der Waals surface area (Å²) in [5.74, 6) is 0.209. The van der Waals surface area contributed by atoms with Crippen molar-refractivity contribution in [2.45, 2.75) is 44.2 Å². The van der Waals surface area contributed by atoms with Gasteiger partial charge in [-0.1, -0.05) is 5.21 Å². The van der Waals surface area contributed by atoms with Crippen molar-refractivity contribution in [3.05, 3.63) is 30.5 Å². The SMILES string of the molecule is O=C(O)[C@@H]1CC[C@@H](Nc2ncc3nnn(-c4ccc(OC5CCOCC5)cc4)c3n2)C1. The van der Waals surface area contributed by atoms with Crippen LogP contribution in [0.25, 0.3) is 16.9 Å². The lowest BCUT2D eigenvalue weighted by molar-refractivity contribution is -0.141. The van der Waals surface area contributed by atoms with E-state index < -0.39 is 5.97 Å². The van der Waals surface area contributed by atoms with Crippen LogP contribution in [0.3, 0.4) is 0 Å². The first-order valence-electron chi connectivity index (χ1n) is 10.6. The van der Waals surface area contributed by atoms with Gasteiger partial charge in [0, 0.05) is 18.9 Å². The smallest absolute Gasteiger partial charge is 0.306 e. The summed E-state index contributed by atoms with van der Waals surface area (Å²) in [6.07, 6.45) is 5.63. The first kappa shape index (κ1) is 19.7. The van der Waals surface area contributed by atoms with Gasteiger partial charge in [0.05, 0.1) is 31.0 Å². The number of carbonyl (C=O) groups is 1. The molecule has 0 radical (unpaired) electrons. The molecule has 1 saturated carbocycles. The largest absolute Gasteiger partial charge is 0.490 e. The van der Waals surface area contributed by atoms with Gasteiger partial charge in [-0.15, -0.1) is 5.10 Å². The molecule has 5 rings (SSSR count). The Labute approximate surface area is 178 Å². The van der Waals surface area contributed by atoms with Gasteiger partial charge in [0.2, 0.25) is 5.95 Å². The maximum atomic E-state index is 11.2. The molecule has 1 saturated heterocycles. The lowest BCUT2D eigenvalue weighted by Crippen LogP contribution is -2.25. The Morgan fingerprint density at radius 1 is 1.16 bits per heavy atom. The molecule has 2 aromatic heterocycles. The minimum atomic E-state index is -0.743. The molecular weight excluding hydrogens is 400 g/mol. The van der Waals surface area contributed by atoms with Gasteiger partial charge in [-0.05, 0) is 43.5 Å². The summed E-state index contributed by atoms with van der Waals surface area (Å²) in [4.78, 5) is 20.1. The second-order valence-corrected chi connectivity index (χ2v) is 8.02. The van der Waals surface area contributed by atoms with E-state index in [4.69, 9.17) is 9.47 Å². The zero-order chi connectivity index (χ0) is 21.2. The molecule has 10 heteroatoms. The van der Waals surface area contributed by atoms with Crippen LogP contribution in [0.2, 0.25) is 0 Å². The summed E-state index contributed by atoms with van der Waals surface area (Å²) < 4.78 is 13.1. The Balaban J connectivity index is 1.32. The van der Waals surface area contributed by atoms with Crippen molar-refractivity contribution in [3.63, 3.8) is 0 Å². The van der Waals surface area contributed by atoms with Crippen LogP contribution in [0, 0.1) is 5.92 Å². The van der Waals surface area contributed by atoms with Crippen molar-refractivity contribution in [3.8, 4) is 11.4 Å². The normalized spacial score (nSPS) is 21.9. The van der Waals surface area contributed by atoms with E-state index in [9.17, 15) is 9.90 Å². The van der Waals surface area contributed by atoms with E-state index in [1.54, 1.807) is 10.9 Å². The van der Waals surface area contributed by atoms with Crippen LogP contribution in [-0.4, -0.2) is 61.4 Å². The Morgan fingerprint density at radius 3 is 2.71 bits per heavy atom. The predicted molar refractivity (Wildman–Crippen MR) is 111 cm³/mol. The van der Waals surface area contributed by atoms with Crippen molar-refractivity contribution in [2.24, 2.45) is 5.92 Å². The lowest BCUT2D eigenvalue weighted by atomic mass is 10.1. The van der Waals surface area contributed by atoms with Gasteiger partial charge >= 0.3 is 5.97 Å². The van der Waals surface area contributed by atoms with Crippen molar-refractivity contribution in [1.29, 1.82) is 0 Å². The number of hydrogen-bond donors (Lipinski definition) is 2. The fourth-order valence-corrected chi connectivity index (χ4v) is 4.14. The van der Waals surface area contributed by atoms with Gasteiger partial charge in [0.15, 0.2) is 11.2 Å². The second-order valence-electron chi connectivity index (χ2n) is 8.02. The van der Waals surface area contributed by atoms with E-state index in [0.717, 1.165) is 43.9 Å². The number of hydrogen-bond acceptors (Lipinski definition) is 8. The summed E-state index contributed by atoms with van der Waals surface area (Å²) in [7, 11) is 0. The highest BCUT2D eigenvalue weighted by Crippen LogP contribution is 2.28. The molecule has 2 N–H and O–H groups in total. The summed E-state index contributed by atoms with van der Waals surface area (Å²) in [5, 5.41) is 20.8. The third-order valence-electron chi connectivity index (χ3n) is 5.86. The first-order chi connectivity index (χ1) is 15.2. The summed E-state index contributed by atoms with van der Waals surface area (Å²) >= 11 is 0. The summed E-state index contributed by atoms with van der Waals surface area (Å²) in [6, 6.07) is 7.73. The van der Waals surface area contributed by atoms with Crippen molar-refractivity contribution in [1.82, 2.24) is 25.0 Å². The number of aromatic nitrogens is 5. The summed E-state index contributed by atoms with van der Waals surface area (Å²) in [6.45, 7) is 1.48. The van der Waals surface area contributed by atoms with E-state index in [1.807, 2.05) is 24.3 Å². The van der Waals surface area contributed by atoms with Crippen molar-refractivity contribution in [2.75, 3.05) is 18.5 Å². The lowest BCUT2D eigenvalue weighted by Gasteiger charge is -2.23. The van der Waals surface area contributed by atoms with E-state index in [2.05, 4.69) is 25.6 Å². The van der Waals surface area contributed by atoms with E-state index in [1.165, 1.54) is 0 Å². The predicted octanol–water partition coefficient (Wildman–Crippen LogP) is 2.43. The maximum absolute atomic E-state index is 11.2. The van der Waals surface area contributed by atoms with Gasteiger partial charge in [-0.2, -0.15) is 9.67 Å². The minimum absolute atomic E-state index is 0.0458. The van der Waals surface area contributed by atoms with E-state index in [0.29, 0.717) is 30.0 Å². The standard InChI is InChI=1S/C21H24N6O4/c28-20(29)13-1-2-14(11-13)23-21-22-12-18-19(24-21)27(26-25-18)15-3-5-16(6-4-15)31-17-7-9-30-10-8-17/h3-6,12-14,17H,1-2,7-11H2,(H,28,29)(H,22,23,24)/t13-,14-/m1/s1. The van der Waals surface area contributed by atoms with Crippen LogP contribution < -0.4 is 10.1 Å². The molecule has 10 nitrogen and oxygen atoms in total. The molecular formula is C21H24N6O4. The molecule has 2 aliphatic rings. The number of nitrogens with zero attached hydrogens (tertiary/aromatic N) is 5. The van der Waals surface area contributed by atoms with Gasteiger partial charge < -0.3 is 19.9 Å². The van der Waals surface area contributed by atoms with Crippen LogP contribution in [0.15, 0.2) is 30.5 Å². The van der Waals surface area contributed by atoms with Gasteiger partial charge in [-0.25, -0.2) is 4.98 Å². The molecule has 31 heavy (non-hydrogen) atoms. The highest BCUT2D eigenvalue weighted by atomic mass is 16.5. The van der Waals surface area contributed by atoms with Crippen LogP contribution >= 0.6 is 0 Å². The van der Waals surface area contributed by atoms with Crippen LogP contribution in [0.5, 0.6) is 5.75 Å². The molecule has 162 valence electrons. The quantitative estimate of drug-likeness (QED) is 0.614. The fraction of sp³-hybridized carbons (Fsp3) is 0.476. The number of fused-ring (bicyclic) bond motifs is 1. The van der Waals surface area contributed by atoms with Gasteiger partial charge in [0.1, 0.15) is 11.9 Å². The average Bonchev–Trinajstić information content (AvgIpc) is 3.42. The average molecular weight is 424 g/mol. The number of carboxylic acids is 1. The minimum Gasteiger partial charge on any atom is -0.490 e. The molecule has 3 heterocycles. The zero-order valence-electron chi connectivity index (χ0n) is 17.0. The molecule has 0 amide bonds. The highest BCUT2D eigenvalue weighted by Gasteiger charge is 2.30. The zero-order valence-corrected chi connectivity index (χ0v) is 17.0. The van der Waals surface area contributed by atoms with Crippen LogP contribution in [-0.2, 0) is 9.53 Å². The monoisotopic (exact) mass is 424 g/mol. The molecule has 1 aliphatic heterocycles. The maximum Gasteiger partial charge on any atom is 0.306 e. The van der Waals surface area contributed by atoms with Gasteiger partial charge in [-0.3, -0.25) is 4.79 Å². The first-order valence-corrected chi connectivity index (χ1v) is 10.6. The Morgan fingerprint density at radius 2 is 1.97 bits per heavy atom. The number of benzene rings is 1. The molecule has 2 atom stereocenters. The molecule has 1 aromatic carbocycles. The number of aliphatic carboxylic acids is 1. The Bertz CT molecular complexity index is 1060. The van der Waals surface area contributed by atoms with Crippen molar-refractivity contribution < 1.29 is 19.4 Å². The summed E-state index contributed by atoms with van der Waals surface area (Å²) in [5.41, 5.74) is 1.99. The Kier molecular flexibility index (Phi) is 5.37. The number of ether oxygens (including phenoxy) is 2. The second kappa shape index (κ2) is 8.46. The Hall–Kier alpha value is -3.27. The molecule has 0 unspecified atom stereocenters. The number of nitrogens with one attached hydrogen (secondary N) is 1. The molecule has 3 aromatic rings. The number of rotatable bonds is 6. The third kappa shape index (κ3) is 4.29. The number of anilines is 1. The van der Waals surface area contributed by atoms with Crippen LogP contribution in [0.4, 0.5) is 5.95 Å². The van der Waals surface area contributed by atoms with Gasteiger partial charge in [0.25, 0.3) is 0 Å². The highest BCUT2D eigenvalue weighted by molar-refractivity contribution is 5.72. The molecule has 2 fully saturated rings. The van der Waals surface area contributed by atoms with E-state index >= 15 is 0 Å². The molecule has 0 bridgehead atoms. The van der Waals surface area contributed by atoms with Crippen molar-refractivity contribution >= 4 is 23.1 Å². The molecule has 0 spiro atoms. The third-order valence-corrected chi connectivity index (χ3v) is 5.86. The van der Waals surface area contributed by atoms with E-state index in [-0.39, 0.29) is 18.1 Å². The number of carboxylic acid groups (broad SMARTS) is 1.